The van der Waals surface area contributed by atoms with Gasteiger partial charge in [0.15, 0.2) is 0 Å². The number of esters is 2. The molecule has 4 fully saturated rings. The van der Waals surface area contributed by atoms with Crippen LogP contribution in [0.1, 0.15) is 48.9 Å². The van der Waals surface area contributed by atoms with E-state index >= 15 is 0 Å². The van der Waals surface area contributed by atoms with Gasteiger partial charge in [-0.3, -0.25) is 4.79 Å². The summed E-state index contributed by atoms with van der Waals surface area (Å²) in [5, 5.41) is 0. The number of hydrogen-bond acceptors (Lipinski definition) is 4. The average Bonchev–Trinajstić information content (AvgIpc) is 2.52. The summed E-state index contributed by atoms with van der Waals surface area (Å²) in [6, 6.07) is 6.50. The summed E-state index contributed by atoms with van der Waals surface area (Å²) in [6.45, 7) is 0. The van der Waals surface area contributed by atoms with Crippen LogP contribution >= 0.6 is 11.6 Å². The lowest BCUT2D eigenvalue weighted by molar-refractivity contribution is -0.160. The Kier molecular flexibility index (Phi) is 3.64. The molecule has 2 atom stereocenters. The zero-order valence-electron chi connectivity index (χ0n) is 13.7. The number of rotatable bonds is 3. The molecule has 0 radical (unpaired) electrons. The second-order valence-corrected chi connectivity index (χ2v) is 8.60. The van der Waals surface area contributed by atoms with Crippen LogP contribution in [-0.2, 0) is 9.53 Å². The zero-order valence-corrected chi connectivity index (χ0v) is 14.5. The summed E-state index contributed by atoms with van der Waals surface area (Å²) in [4.78, 5) is 24.2. The Labute approximate surface area is 146 Å². The molecule has 0 aliphatic heterocycles. The Morgan fingerprint density at radius 3 is 2.25 bits per heavy atom. The van der Waals surface area contributed by atoms with Crippen molar-refractivity contribution >= 4 is 23.5 Å². The SMILES string of the molecule is COC(=O)c1ccc(OC(=O)C23C[C@H]4C[C@@H](CC(Cl)(C4)C2)C3)cc1. The van der Waals surface area contributed by atoms with Crippen molar-refractivity contribution < 1.29 is 19.1 Å². The van der Waals surface area contributed by atoms with Crippen LogP contribution in [0.3, 0.4) is 0 Å². The summed E-state index contributed by atoms with van der Waals surface area (Å²) in [6.07, 6.45) is 5.81. The van der Waals surface area contributed by atoms with E-state index in [1.54, 1.807) is 24.3 Å². The van der Waals surface area contributed by atoms with E-state index in [1.165, 1.54) is 13.5 Å². The van der Waals surface area contributed by atoms with E-state index < -0.39 is 11.4 Å². The second-order valence-electron chi connectivity index (χ2n) is 7.80. The number of halogens is 1. The zero-order chi connectivity index (χ0) is 16.9. The van der Waals surface area contributed by atoms with Crippen molar-refractivity contribution in [3.8, 4) is 5.75 Å². The molecular weight excluding hydrogens is 328 g/mol. The lowest BCUT2D eigenvalue weighted by Crippen LogP contribution is -2.56. The third kappa shape index (κ3) is 2.61. The molecular formula is C19H21ClO4. The van der Waals surface area contributed by atoms with Gasteiger partial charge >= 0.3 is 11.9 Å². The van der Waals surface area contributed by atoms with Crippen molar-refractivity contribution in [2.45, 2.75) is 43.4 Å². The molecule has 1 aromatic rings. The molecule has 0 saturated heterocycles. The summed E-state index contributed by atoms with van der Waals surface area (Å²) >= 11 is 6.78. The molecule has 1 aromatic carbocycles. The molecule has 0 heterocycles. The highest BCUT2D eigenvalue weighted by Crippen LogP contribution is 2.64. The van der Waals surface area contributed by atoms with Crippen LogP contribution in [-0.4, -0.2) is 23.9 Å². The third-order valence-electron chi connectivity index (χ3n) is 5.91. The fraction of sp³-hybridized carbons (Fsp3) is 0.579. The summed E-state index contributed by atoms with van der Waals surface area (Å²) in [7, 11) is 1.34. The van der Waals surface area contributed by atoms with Gasteiger partial charge < -0.3 is 9.47 Å². The number of ether oxygens (including phenoxy) is 2. The molecule has 0 aromatic heterocycles. The second kappa shape index (κ2) is 5.48. The fourth-order valence-corrected chi connectivity index (χ4v) is 6.07. The molecule has 5 heteroatoms. The molecule has 4 saturated carbocycles. The van der Waals surface area contributed by atoms with Crippen LogP contribution in [0.5, 0.6) is 5.75 Å². The molecule has 4 bridgehead atoms. The summed E-state index contributed by atoms with van der Waals surface area (Å²) < 4.78 is 10.3. The van der Waals surface area contributed by atoms with Gasteiger partial charge in [-0.05, 0) is 74.6 Å². The van der Waals surface area contributed by atoms with E-state index in [-0.39, 0.29) is 10.8 Å². The van der Waals surface area contributed by atoms with E-state index in [4.69, 9.17) is 16.3 Å². The number of carbonyl (C=O) groups is 2. The Hall–Kier alpha value is -1.55. The first-order chi connectivity index (χ1) is 11.4. The van der Waals surface area contributed by atoms with Gasteiger partial charge in [0.05, 0.1) is 18.1 Å². The minimum atomic E-state index is -0.424. The molecule has 0 N–H and O–H groups in total. The minimum Gasteiger partial charge on any atom is -0.465 e. The van der Waals surface area contributed by atoms with E-state index in [9.17, 15) is 9.59 Å². The van der Waals surface area contributed by atoms with E-state index in [2.05, 4.69) is 4.74 Å². The van der Waals surface area contributed by atoms with Gasteiger partial charge in [0.1, 0.15) is 5.75 Å². The summed E-state index contributed by atoms with van der Waals surface area (Å²) in [5.74, 6) is 1.01. The Balaban J connectivity index is 1.51. The molecule has 4 aliphatic rings. The maximum atomic E-state index is 12.9. The lowest BCUT2D eigenvalue weighted by atomic mass is 9.49. The predicted octanol–water partition coefficient (Wildman–Crippen LogP) is 3.96. The van der Waals surface area contributed by atoms with Crippen LogP contribution in [0, 0.1) is 17.3 Å². The van der Waals surface area contributed by atoms with Gasteiger partial charge in [-0.2, -0.15) is 0 Å². The fourth-order valence-electron chi connectivity index (χ4n) is 5.38. The topological polar surface area (TPSA) is 52.6 Å². The van der Waals surface area contributed by atoms with Crippen molar-refractivity contribution in [3.05, 3.63) is 29.8 Å². The molecule has 4 aliphatic carbocycles. The molecule has 128 valence electrons. The van der Waals surface area contributed by atoms with Gasteiger partial charge in [0, 0.05) is 4.87 Å². The van der Waals surface area contributed by atoms with E-state index in [0.29, 0.717) is 23.1 Å². The molecule has 4 nitrogen and oxygen atoms in total. The summed E-state index contributed by atoms with van der Waals surface area (Å²) in [5.41, 5.74) is 0.0131. The van der Waals surface area contributed by atoms with Gasteiger partial charge in [0.25, 0.3) is 0 Å². The van der Waals surface area contributed by atoms with Gasteiger partial charge in [-0.1, -0.05) is 0 Å². The molecule has 5 rings (SSSR count). The molecule has 24 heavy (non-hydrogen) atoms. The van der Waals surface area contributed by atoms with Crippen LogP contribution in [0.15, 0.2) is 24.3 Å². The highest BCUT2D eigenvalue weighted by Gasteiger charge is 2.60. The monoisotopic (exact) mass is 348 g/mol. The van der Waals surface area contributed by atoms with Crippen molar-refractivity contribution in [2.24, 2.45) is 17.3 Å². The first-order valence-electron chi connectivity index (χ1n) is 8.51. The maximum Gasteiger partial charge on any atom is 0.337 e. The highest BCUT2D eigenvalue weighted by atomic mass is 35.5. The Morgan fingerprint density at radius 1 is 1.08 bits per heavy atom. The van der Waals surface area contributed by atoms with Gasteiger partial charge in [0.2, 0.25) is 0 Å². The van der Waals surface area contributed by atoms with E-state index in [0.717, 1.165) is 32.1 Å². The quantitative estimate of drug-likeness (QED) is 0.471. The van der Waals surface area contributed by atoms with Crippen molar-refractivity contribution in [3.63, 3.8) is 0 Å². The van der Waals surface area contributed by atoms with Crippen LogP contribution < -0.4 is 4.74 Å². The van der Waals surface area contributed by atoms with Crippen LogP contribution in [0.2, 0.25) is 0 Å². The first kappa shape index (κ1) is 15.9. The number of alkyl halides is 1. The van der Waals surface area contributed by atoms with Crippen molar-refractivity contribution in [2.75, 3.05) is 7.11 Å². The molecule has 0 unspecified atom stereocenters. The van der Waals surface area contributed by atoms with E-state index in [1.807, 2.05) is 0 Å². The largest absolute Gasteiger partial charge is 0.465 e. The smallest absolute Gasteiger partial charge is 0.337 e. The standard InChI is InChI=1S/C19H21ClO4/c1-23-16(21)14-2-4-15(5-3-14)24-17(22)18-7-12-6-13(8-18)10-19(20,9-12)11-18/h2-5,12-13H,6-11H2,1H3/t12-,13-,18?,19?/m1/s1. The van der Waals surface area contributed by atoms with Crippen molar-refractivity contribution in [1.82, 2.24) is 0 Å². The highest BCUT2D eigenvalue weighted by molar-refractivity contribution is 6.24. The third-order valence-corrected chi connectivity index (χ3v) is 6.35. The number of methoxy groups -OCH3 is 1. The first-order valence-corrected chi connectivity index (χ1v) is 8.89. The Bertz CT molecular complexity index is 667. The maximum absolute atomic E-state index is 12.9. The number of benzene rings is 1. The number of hydrogen-bond donors (Lipinski definition) is 0. The minimum absolute atomic E-state index is 0.160. The van der Waals surface area contributed by atoms with Crippen LogP contribution in [0.25, 0.3) is 0 Å². The van der Waals surface area contributed by atoms with Crippen molar-refractivity contribution in [1.29, 1.82) is 0 Å². The van der Waals surface area contributed by atoms with Gasteiger partial charge in [-0.15, -0.1) is 11.6 Å². The average molecular weight is 349 g/mol. The molecule has 0 spiro atoms. The number of carbonyl (C=O) groups excluding carboxylic acids is 2. The van der Waals surface area contributed by atoms with Gasteiger partial charge in [-0.25, -0.2) is 4.79 Å². The molecule has 0 amide bonds. The predicted molar refractivity (Wildman–Crippen MR) is 89.1 cm³/mol. The lowest BCUT2D eigenvalue weighted by Gasteiger charge is -2.58. The Morgan fingerprint density at radius 2 is 1.71 bits per heavy atom. The normalized spacial score (nSPS) is 36.4. The van der Waals surface area contributed by atoms with Crippen LogP contribution in [0.4, 0.5) is 0 Å².